The van der Waals surface area contributed by atoms with Crippen molar-refractivity contribution in [2.24, 2.45) is 11.7 Å². The predicted octanol–water partition coefficient (Wildman–Crippen LogP) is 0.985. The molecule has 1 fully saturated rings. The van der Waals surface area contributed by atoms with Crippen LogP contribution in [0, 0.1) is 5.92 Å². The second-order valence-corrected chi connectivity index (χ2v) is 5.59. The highest BCUT2D eigenvalue weighted by Gasteiger charge is 2.28. The molecule has 2 heterocycles. The van der Waals surface area contributed by atoms with Crippen molar-refractivity contribution >= 4 is 11.8 Å². The van der Waals surface area contributed by atoms with E-state index in [9.17, 15) is 9.59 Å². The van der Waals surface area contributed by atoms with Crippen LogP contribution in [-0.4, -0.2) is 42.4 Å². The molecule has 1 aromatic heterocycles. The van der Waals surface area contributed by atoms with Gasteiger partial charge in [-0.3, -0.25) is 9.59 Å². The minimum atomic E-state index is -0.296. The number of piperidine rings is 1. The first-order valence-corrected chi connectivity index (χ1v) is 7.43. The molecule has 2 unspecified atom stereocenters. The van der Waals surface area contributed by atoms with Gasteiger partial charge in [0.25, 0.3) is 5.91 Å². The fraction of sp³-hybridized carbons (Fsp3) is 0.600. The molecule has 116 valence electrons. The van der Waals surface area contributed by atoms with Crippen molar-refractivity contribution < 1.29 is 14.0 Å². The molecule has 21 heavy (non-hydrogen) atoms. The number of amides is 2. The van der Waals surface area contributed by atoms with E-state index in [1.54, 1.807) is 12.1 Å². The Morgan fingerprint density at radius 1 is 1.52 bits per heavy atom. The van der Waals surface area contributed by atoms with Gasteiger partial charge in [-0.15, -0.1) is 0 Å². The van der Waals surface area contributed by atoms with Crippen molar-refractivity contribution in [2.45, 2.75) is 32.2 Å². The van der Waals surface area contributed by atoms with Crippen molar-refractivity contribution in [3.8, 4) is 0 Å². The van der Waals surface area contributed by atoms with Gasteiger partial charge < -0.3 is 20.4 Å². The predicted molar refractivity (Wildman–Crippen MR) is 78.6 cm³/mol. The van der Waals surface area contributed by atoms with Crippen molar-refractivity contribution in [3.05, 3.63) is 24.2 Å². The van der Waals surface area contributed by atoms with Gasteiger partial charge in [0.2, 0.25) is 5.91 Å². The first kappa shape index (κ1) is 15.6. The molecule has 0 spiro atoms. The number of hydrogen-bond donors (Lipinski definition) is 2. The van der Waals surface area contributed by atoms with E-state index in [1.807, 2.05) is 4.90 Å². The zero-order valence-corrected chi connectivity index (χ0v) is 12.4. The summed E-state index contributed by atoms with van der Waals surface area (Å²) in [6.45, 7) is 3.75. The average molecular weight is 293 g/mol. The first-order chi connectivity index (χ1) is 10.1. The SMILES string of the molecule is CC1CCN(C(=O)CCNC(=O)c2ccco2)C(CN)C1. The second kappa shape index (κ2) is 7.26. The average Bonchev–Trinajstić information content (AvgIpc) is 3.01. The molecule has 1 aliphatic rings. The topological polar surface area (TPSA) is 88.6 Å². The van der Waals surface area contributed by atoms with E-state index in [4.69, 9.17) is 10.2 Å². The van der Waals surface area contributed by atoms with Crippen LogP contribution in [0.25, 0.3) is 0 Å². The summed E-state index contributed by atoms with van der Waals surface area (Å²) in [6, 6.07) is 3.37. The zero-order valence-electron chi connectivity index (χ0n) is 12.4. The number of likely N-dealkylation sites (tertiary alicyclic amines) is 1. The van der Waals surface area contributed by atoms with Crippen LogP contribution in [0.15, 0.2) is 22.8 Å². The van der Waals surface area contributed by atoms with Crippen LogP contribution in [0.5, 0.6) is 0 Å². The Hall–Kier alpha value is -1.82. The molecule has 0 aliphatic carbocycles. The molecule has 0 aromatic carbocycles. The quantitative estimate of drug-likeness (QED) is 0.847. The van der Waals surface area contributed by atoms with E-state index < -0.39 is 0 Å². The molecule has 2 amide bonds. The summed E-state index contributed by atoms with van der Waals surface area (Å²) in [4.78, 5) is 25.8. The van der Waals surface area contributed by atoms with Gasteiger partial charge in [-0.2, -0.15) is 0 Å². The van der Waals surface area contributed by atoms with E-state index in [0.29, 0.717) is 19.0 Å². The van der Waals surface area contributed by atoms with Crippen molar-refractivity contribution in [3.63, 3.8) is 0 Å². The van der Waals surface area contributed by atoms with Gasteiger partial charge in [0.15, 0.2) is 5.76 Å². The van der Waals surface area contributed by atoms with Crippen LogP contribution in [0.4, 0.5) is 0 Å². The lowest BCUT2D eigenvalue weighted by Gasteiger charge is -2.38. The molecular formula is C15H23N3O3. The molecule has 2 rings (SSSR count). The largest absolute Gasteiger partial charge is 0.459 e. The lowest BCUT2D eigenvalue weighted by atomic mass is 9.92. The molecule has 3 N–H and O–H groups in total. The Balaban J connectivity index is 1.77. The van der Waals surface area contributed by atoms with Crippen LogP contribution in [-0.2, 0) is 4.79 Å². The number of rotatable bonds is 5. The fourth-order valence-electron chi connectivity index (χ4n) is 2.72. The van der Waals surface area contributed by atoms with Gasteiger partial charge in [0, 0.05) is 32.1 Å². The van der Waals surface area contributed by atoms with E-state index in [-0.39, 0.29) is 30.0 Å². The minimum Gasteiger partial charge on any atom is -0.459 e. The Kier molecular flexibility index (Phi) is 5.38. The van der Waals surface area contributed by atoms with E-state index in [0.717, 1.165) is 19.4 Å². The number of carbonyl (C=O) groups is 2. The van der Waals surface area contributed by atoms with Crippen molar-refractivity contribution in [1.82, 2.24) is 10.2 Å². The van der Waals surface area contributed by atoms with Crippen LogP contribution in [0.3, 0.4) is 0 Å². The number of nitrogens with zero attached hydrogens (tertiary/aromatic N) is 1. The molecule has 2 atom stereocenters. The summed E-state index contributed by atoms with van der Waals surface area (Å²) in [7, 11) is 0. The summed E-state index contributed by atoms with van der Waals surface area (Å²) in [6.07, 6.45) is 3.71. The molecular weight excluding hydrogens is 270 g/mol. The number of hydrogen-bond acceptors (Lipinski definition) is 4. The Morgan fingerprint density at radius 3 is 3.00 bits per heavy atom. The monoisotopic (exact) mass is 293 g/mol. The lowest BCUT2D eigenvalue weighted by molar-refractivity contribution is -0.135. The maximum atomic E-state index is 12.2. The van der Waals surface area contributed by atoms with E-state index >= 15 is 0 Å². The van der Waals surface area contributed by atoms with Crippen LogP contribution >= 0.6 is 0 Å². The normalized spacial score (nSPS) is 22.1. The number of carbonyl (C=O) groups excluding carboxylic acids is 2. The van der Waals surface area contributed by atoms with Gasteiger partial charge >= 0.3 is 0 Å². The standard InChI is InChI=1S/C15H23N3O3/c1-11-5-7-18(12(9-11)10-16)14(19)4-6-17-15(20)13-3-2-8-21-13/h2-3,8,11-12H,4-7,9-10,16H2,1H3,(H,17,20). The minimum absolute atomic E-state index is 0.0529. The van der Waals surface area contributed by atoms with Gasteiger partial charge in [0.1, 0.15) is 0 Å². The summed E-state index contributed by atoms with van der Waals surface area (Å²) < 4.78 is 4.99. The zero-order chi connectivity index (χ0) is 15.2. The van der Waals surface area contributed by atoms with E-state index in [2.05, 4.69) is 12.2 Å². The summed E-state index contributed by atoms with van der Waals surface area (Å²) in [5.41, 5.74) is 5.76. The number of furan rings is 1. The molecule has 6 heteroatoms. The van der Waals surface area contributed by atoms with Gasteiger partial charge in [0.05, 0.1) is 6.26 Å². The lowest BCUT2D eigenvalue weighted by Crippen LogP contribution is -2.49. The van der Waals surface area contributed by atoms with Gasteiger partial charge in [-0.25, -0.2) is 0 Å². The molecule has 6 nitrogen and oxygen atoms in total. The van der Waals surface area contributed by atoms with Gasteiger partial charge in [-0.1, -0.05) is 6.92 Å². The highest BCUT2D eigenvalue weighted by atomic mass is 16.3. The van der Waals surface area contributed by atoms with Crippen molar-refractivity contribution in [2.75, 3.05) is 19.6 Å². The molecule has 0 saturated carbocycles. The highest BCUT2D eigenvalue weighted by molar-refractivity contribution is 5.91. The van der Waals surface area contributed by atoms with Crippen molar-refractivity contribution in [1.29, 1.82) is 0 Å². The molecule has 1 saturated heterocycles. The number of nitrogens with two attached hydrogens (primary N) is 1. The smallest absolute Gasteiger partial charge is 0.286 e. The van der Waals surface area contributed by atoms with Crippen LogP contribution in [0.2, 0.25) is 0 Å². The molecule has 0 radical (unpaired) electrons. The van der Waals surface area contributed by atoms with E-state index in [1.165, 1.54) is 6.26 Å². The third-order valence-corrected chi connectivity index (χ3v) is 3.94. The molecule has 0 bridgehead atoms. The summed E-state index contributed by atoms with van der Waals surface area (Å²) in [5, 5.41) is 2.69. The summed E-state index contributed by atoms with van der Waals surface area (Å²) in [5.74, 6) is 0.628. The Labute approximate surface area is 124 Å². The third-order valence-electron chi connectivity index (χ3n) is 3.94. The van der Waals surface area contributed by atoms with Gasteiger partial charge in [-0.05, 0) is 30.9 Å². The third kappa shape index (κ3) is 4.07. The summed E-state index contributed by atoms with van der Waals surface area (Å²) >= 11 is 0. The Morgan fingerprint density at radius 2 is 2.33 bits per heavy atom. The van der Waals surface area contributed by atoms with Crippen LogP contribution < -0.4 is 11.1 Å². The Bertz CT molecular complexity index is 473. The highest BCUT2D eigenvalue weighted by Crippen LogP contribution is 2.22. The number of nitrogens with one attached hydrogen (secondary N) is 1. The second-order valence-electron chi connectivity index (χ2n) is 5.59. The maximum Gasteiger partial charge on any atom is 0.286 e. The fourth-order valence-corrected chi connectivity index (χ4v) is 2.72. The maximum absolute atomic E-state index is 12.2. The van der Waals surface area contributed by atoms with Crippen LogP contribution in [0.1, 0.15) is 36.7 Å². The molecule has 1 aromatic rings. The molecule has 1 aliphatic heterocycles. The first-order valence-electron chi connectivity index (χ1n) is 7.43.